The van der Waals surface area contributed by atoms with Gasteiger partial charge in [0, 0.05) is 11.3 Å². The van der Waals surface area contributed by atoms with Crippen LogP contribution >= 0.6 is 0 Å². The van der Waals surface area contributed by atoms with Crippen molar-refractivity contribution >= 4 is 35.4 Å². The second-order valence-corrected chi connectivity index (χ2v) is 5.59. The average molecular weight is 381 g/mol. The van der Waals surface area contributed by atoms with Crippen molar-refractivity contribution in [2.24, 2.45) is 0 Å². The number of anilines is 1. The third-order valence-electron chi connectivity index (χ3n) is 3.25. The summed E-state index contributed by atoms with van der Waals surface area (Å²) in [6.45, 7) is -0.586. The summed E-state index contributed by atoms with van der Waals surface area (Å²) in [5.41, 5.74) is 1.06. The van der Waals surface area contributed by atoms with E-state index in [2.05, 4.69) is 10.6 Å². The van der Waals surface area contributed by atoms with Gasteiger partial charge in [-0.15, -0.1) is 0 Å². The highest BCUT2D eigenvalue weighted by Crippen LogP contribution is 2.16. The number of nitrogens with one attached hydrogen (secondary N) is 2. The fourth-order valence-corrected chi connectivity index (χ4v) is 2.15. The lowest BCUT2D eigenvalue weighted by atomic mass is 10.1. The van der Waals surface area contributed by atoms with Crippen LogP contribution in [0.15, 0.2) is 18.2 Å². The number of aryl methyl sites for hydroxylation is 1. The van der Waals surface area contributed by atoms with Crippen LogP contribution in [0.4, 0.5) is 5.69 Å². The molecule has 0 aromatic heterocycles. The second kappa shape index (κ2) is 9.87. The number of nitrogens with zero attached hydrogens (tertiary/aromatic N) is 1. The summed E-state index contributed by atoms with van der Waals surface area (Å²) >= 11 is 0. The van der Waals surface area contributed by atoms with Gasteiger partial charge >= 0.3 is 17.9 Å². The highest BCUT2D eigenvalue weighted by atomic mass is 16.4. The molecule has 0 spiro atoms. The molecule has 1 aromatic rings. The van der Waals surface area contributed by atoms with Crippen LogP contribution in [0.2, 0.25) is 0 Å². The molecule has 11 nitrogen and oxygen atoms in total. The lowest BCUT2D eigenvalue weighted by Gasteiger charge is -2.18. The molecule has 0 atom stereocenters. The van der Waals surface area contributed by atoms with Gasteiger partial charge in [-0.3, -0.25) is 28.9 Å². The quantitative estimate of drug-likeness (QED) is 0.348. The van der Waals surface area contributed by atoms with Gasteiger partial charge in [-0.25, -0.2) is 0 Å². The number of benzene rings is 1. The Balaban J connectivity index is 2.75. The third-order valence-corrected chi connectivity index (χ3v) is 3.25. The molecule has 0 saturated heterocycles. The maximum absolute atomic E-state index is 12.1. The monoisotopic (exact) mass is 381 g/mol. The highest BCUT2D eigenvalue weighted by Gasteiger charge is 2.18. The number of amides is 2. The van der Waals surface area contributed by atoms with Crippen molar-refractivity contribution in [3.63, 3.8) is 0 Å². The van der Waals surface area contributed by atoms with E-state index < -0.39 is 55.9 Å². The molecule has 11 heteroatoms. The molecule has 0 aliphatic carbocycles. The van der Waals surface area contributed by atoms with E-state index in [-0.39, 0.29) is 5.56 Å². The van der Waals surface area contributed by atoms with Gasteiger partial charge in [0.05, 0.1) is 19.6 Å². The Labute approximate surface area is 153 Å². The van der Waals surface area contributed by atoms with Crippen LogP contribution in [0.3, 0.4) is 0 Å². The Kier molecular flexibility index (Phi) is 7.89. The van der Waals surface area contributed by atoms with Crippen LogP contribution in [0.5, 0.6) is 0 Å². The molecule has 0 fully saturated rings. The van der Waals surface area contributed by atoms with E-state index in [0.29, 0.717) is 11.3 Å². The minimum atomic E-state index is -1.27. The van der Waals surface area contributed by atoms with Crippen LogP contribution in [0, 0.1) is 6.92 Å². The molecule has 0 bridgehead atoms. The first kappa shape index (κ1) is 21.6. The number of carbonyl (C=O) groups is 5. The molecule has 2 amide bonds. The van der Waals surface area contributed by atoms with E-state index in [1.807, 2.05) is 0 Å². The number of carboxylic acids is 3. The zero-order chi connectivity index (χ0) is 20.6. The number of aliphatic carboxylic acids is 3. The second-order valence-electron chi connectivity index (χ2n) is 5.59. The van der Waals surface area contributed by atoms with Gasteiger partial charge in [0.2, 0.25) is 5.91 Å². The molecule has 1 rings (SSSR count). The Morgan fingerprint density at radius 2 is 1.52 bits per heavy atom. The molecule has 146 valence electrons. The fourth-order valence-electron chi connectivity index (χ4n) is 2.15. The number of rotatable bonds is 10. The van der Waals surface area contributed by atoms with Crippen LogP contribution in [-0.2, 0) is 19.2 Å². The standard InChI is InChI=1S/C16H19N3O8/c1-9-4-10(16(27)17-5-13(21)22)2-3-11(9)18-12(20)6-19(7-14(23)24)8-15(25)26/h2-4H,5-8H2,1H3,(H,17,27)(H,18,20)(H,21,22)(H,23,24)(H,25,26). The molecule has 0 radical (unpaired) electrons. The van der Waals surface area contributed by atoms with E-state index in [4.69, 9.17) is 15.3 Å². The molecule has 0 aliphatic rings. The van der Waals surface area contributed by atoms with Gasteiger partial charge in [-0.05, 0) is 30.7 Å². The lowest BCUT2D eigenvalue weighted by molar-refractivity contribution is -0.142. The van der Waals surface area contributed by atoms with Gasteiger partial charge in [0.15, 0.2) is 0 Å². The summed E-state index contributed by atoms with van der Waals surface area (Å²) in [4.78, 5) is 56.7. The molecule has 0 aliphatic heterocycles. The van der Waals surface area contributed by atoms with Crippen molar-refractivity contribution in [3.05, 3.63) is 29.3 Å². The maximum atomic E-state index is 12.1. The SMILES string of the molecule is Cc1cc(C(=O)NCC(=O)O)ccc1NC(=O)CN(CC(=O)O)CC(=O)O. The summed E-state index contributed by atoms with van der Waals surface area (Å²) in [6, 6.07) is 4.26. The van der Waals surface area contributed by atoms with E-state index in [1.165, 1.54) is 18.2 Å². The van der Waals surface area contributed by atoms with Crippen molar-refractivity contribution < 1.29 is 39.3 Å². The van der Waals surface area contributed by atoms with Crippen molar-refractivity contribution in [1.29, 1.82) is 0 Å². The Bertz CT molecular complexity index is 746. The normalized spacial score (nSPS) is 10.3. The Morgan fingerprint density at radius 3 is 2.00 bits per heavy atom. The van der Waals surface area contributed by atoms with Gasteiger partial charge in [0.1, 0.15) is 6.54 Å². The fraction of sp³-hybridized carbons (Fsp3) is 0.312. The van der Waals surface area contributed by atoms with E-state index in [9.17, 15) is 24.0 Å². The third kappa shape index (κ3) is 7.96. The molecule has 0 unspecified atom stereocenters. The number of carbonyl (C=O) groups excluding carboxylic acids is 2. The van der Waals surface area contributed by atoms with E-state index in [0.717, 1.165) is 4.90 Å². The van der Waals surface area contributed by atoms with Gasteiger partial charge in [0.25, 0.3) is 5.91 Å². The first-order valence-electron chi connectivity index (χ1n) is 7.65. The molecule has 1 aromatic carbocycles. The van der Waals surface area contributed by atoms with Gasteiger partial charge in [-0.2, -0.15) is 0 Å². The van der Waals surface area contributed by atoms with E-state index in [1.54, 1.807) is 6.92 Å². The van der Waals surface area contributed by atoms with E-state index >= 15 is 0 Å². The maximum Gasteiger partial charge on any atom is 0.322 e. The van der Waals surface area contributed by atoms with Crippen LogP contribution in [0.1, 0.15) is 15.9 Å². The first-order valence-corrected chi connectivity index (χ1v) is 7.65. The minimum absolute atomic E-state index is 0.199. The molecular weight excluding hydrogens is 362 g/mol. The summed E-state index contributed by atoms with van der Waals surface area (Å²) in [6.07, 6.45) is 0. The van der Waals surface area contributed by atoms with Crippen molar-refractivity contribution in [2.45, 2.75) is 6.92 Å². The molecular formula is C16H19N3O8. The average Bonchev–Trinajstić information content (AvgIpc) is 2.53. The Hall–Kier alpha value is -3.47. The van der Waals surface area contributed by atoms with Crippen LogP contribution < -0.4 is 10.6 Å². The predicted molar refractivity (Wildman–Crippen MR) is 91.5 cm³/mol. The smallest absolute Gasteiger partial charge is 0.322 e. The van der Waals surface area contributed by atoms with Crippen molar-refractivity contribution in [1.82, 2.24) is 10.2 Å². The molecule has 0 heterocycles. The largest absolute Gasteiger partial charge is 0.480 e. The van der Waals surface area contributed by atoms with Crippen LogP contribution in [-0.4, -0.2) is 76.1 Å². The summed E-state index contributed by atoms with van der Waals surface area (Å²) in [5, 5.41) is 30.8. The summed E-state index contributed by atoms with van der Waals surface area (Å²) in [5.74, 6) is -4.93. The molecule has 5 N–H and O–H groups in total. The number of hydrogen-bond acceptors (Lipinski definition) is 6. The predicted octanol–water partition coefficient (Wildman–Crippen LogP) is -0.781. The lowest BCUT2D eigenvalue weighted by Crippen LogP contribution is -2.40. The molecule has 0 saturated carbocycles. The minimum Gasteiger partial charge on any atom is -0.480 e. The number of carboxylic acid groups (broad SMARTS) is 3. The van der Waals surface area contributed by atoms with Crippen LogP contribution in [0.25, 0.3) is 0 Å². The summed E-state index contributed by atoms with van der Waals surface area (Å²) < 4.78 is 0. The van der Waals surface area contributed by atoms with Gasteiger partial charge in [-0.1, -0.05) is 0 Å². The Morgan fingerprint density at radius 1 is 0.926 bits per heavy atom. The summed E-state index contributed by atoms with van der Waals surface area (Å²) in [7, 11) is 0. The highest BCUT2D eigenvalue weighted by molar-refractivity contribution is 5.98. The number of hydrogen-bond donors (Lipinski definition) is 5. The molecule has 27 heavy (non-hydrogen) atoms. The first-order chi connectivity index (χ1) is 12.6. The van der Waals surface area contributed by atoms with Crippen molar-refractivity contribution in [3.8, 4) is 0 Å². The topological polar surface area (TPSA) is 173 Å². The van der Waals surface area contributed by atoms with Gasteiger partial charge < -0.3 is 26.0 Å². The zero-order valence-corrected chi connectivity index (χ0v) is 14.4. The van der Waals surface area contributed by atoms with Crippen molar-refractivity contribution in [2.75, 3.05) is 31.5 Å². The zero-order valence-electron chi connectivity index (χ0n) is 14.4.